The highest BCUT2D eigenvalue weighted by atomic mass is 32.1. The van der Waals surface area contributed by atoms with E-state index in [2.05, 4.69) is 78.8 Å². The van der Waals surface area contributed by atoms with Gasteiger partial charge >= 0.3 is 0 Å². The number of aromatic nitrogens is 6. The van der Waals surface area contributed by atoms with Crippen molar-refractivity contribution < 1.29 is 67.6 Å². The van der Waals surface area contributed by atoms with E-state index in [9.17, 15) is 60.7 Å². The van der Waals surface area contributed by atoms with Crippen molar-refractivity contribution in [2.24, 2.45) is 23.7 Å². The van der Waals surface area contributed by atoms with Crippen LogP contribution in [-0.2, 0) is 44.9 Å². The normalized spacial score (nSPS) is 19.0. The number of thiazole rings is 2. The Hall–Kier alpha value is -13.8. The fraction of sp³-hybridized carbons (Fsp3) is 0.353. The van der Waals surface area contributed by atoms with Crippen LogP contribution in [0.4, 0.5) is 0 Å². The Balaban J connectivity index is 0.000000123. The summed E-state index contributed by atoms with van der Waals surface area (Å²) in [7, 11) is 0. The van der Waals surface area contributed by atoms with Gasteiger partial charge in [0, 0.05) is 97.6 Å². The molecule has 12 aromatic rings. The summed E-state index contributed by atoms with van der Waals surface area (Å²) in [5, 5.41) is 85.9. The molecule has 4 aliphatic heterocycles. The number of β-amino-alcohol motifs (C(OH)–C–C–N with tert-alkyl or cyclic N) is 4. The van der Waals surface area contributed by atoms with E-state index in [0.717, 1.165) is 101 Å². The van der Waals surface area contributed by atoms with Gasteiger partial charge in [0.25, 0.3) is 11.8 Å². The highest BCUT2D eigenvalue weighted by Crippen LogP contribution is 2.55. The first-order valence-electron chi connectivity index (χ1n) is 44.5. The minimum atomic E-state index is -0.0517. The van der Waals surface area contributed by atoms with E-state index >= 15 is 0 Å². The molecule has 8 atom stereocenters. The molecule has 0 radical (unpaired) electrons. The molecule has 4 saturated heterocycles. The van der Waals surface area contributed by atoms with Crippen molar-refractivity contribution in [1.82, 2.24) is 49.8 Å². The van der Waals surface area contributed by atoms with E-state index in [1.54, 1.807) is 68.9 Å². The molecule has 4 amide bonds. The van der Waals surface area contributed by atoms with Gasteiger partial charge in [-0.25, -0.2) is 9.97 Å². The number of benzene rings is 8. The lowest BCUT2D eigenvalue weighted by molar-refractivity contribution is -0.130. The van der Waals surface area contributed by atoms with Crippen LogP contribution in [0.15, 0.2) is 167 Å². The number of hydrogen-bond acceptors (Lipinski definition) is 26. The first kappa shape index (κ1) is 90.1. The zero-order chi connectivity index (χ0) is 92.4. The lowest BCUT2D eigenvalue weighted by Crippen LogP contribution is -2.30. The number of nitriles is 4. The third-order valence-electron chi connectivity index (χ3n) is 25.2. The number of ether oxygens (including phenoxy) is 4. The second-order valence-corrected chi connectivity index (χ2v) is 37.1. The second-order valence-electron chi connectivity index (χ2n) is 35.1. The molecule has 30 heteroatoms. The maximum atomic E-state index is 12.4. The zero-order valence-electron chi connectivity index (χ0n) is 74.2. The average molecular weight is 1810 g/mol. The van der Waals surface area contributed by atoms with Crippen molar-refractivity contribution >= 4 is 46.3 Å². The van der Waals surface area contributed by atoms with Gasteiger partial charge in [-0.3, -0.25) is 19.2 Å². The smallest absolute Gasteiger partial charge is 0.258 e. The van der Waals surface area contributed by atoms with Crippen LogP contribution >= 0.6 is 22.7 Å². The number of hydrogen-bond donors (Lipinski definition) is 4. The van der Waals surface area contributed by atoms with Gasteiger partial charge in [-0.1, -0.05) is 83.1 Å². The monoisotopic (exact) mass is 1810 g/mol. The van der Waals surface area contributed by atoms with Crippen LogP contribution in [0.3, 0.4) is 0 Å². The maximum Gasteiger partial charge on any atom is 0.258 e. The fourth-order valence-electron chi connectivity index (χ4n) is 20.1. The Kier molecular flexibility index (Phi) is 26.4. The predicted octanol–water partition coefficient (Wildman–Crippen LogP) is 16.1. The van der Waals surface area contributed by atoms with Gasteiger partial charge in [-0.2, -0.15) is 31.0 Å². The van der Waals surface area contributed by atoms with Crippen LogP contribution in [0.25, 0.3) is 87.7 Å². The summed E-state index contributed by atoms with van der Waals surface area (Å²) in [6.07, 6.45) is 8.97. The molecule has 132 heavy (non-hydrogen) atoms. The summed E-state index contributed by atoms with van der Waals surface area (Å²) < 4.78 is 33.9. The van der Waals surface area contributed by atoms with Gasteiger partial charge in [-0.05, 0) is 233 Å². The number of carbonyl (C=O) groups is 4. The zero-order valence-corrected chi connectivity index (χ0v) is 75.8. The van der Waals surface area contributed by atoms with E-state index in [1.807, 2.05) is 163 Å². The molecular weight excluding hydrogens is 1710 g/mol. The number of nitrogens with zero attached hydrogens (tertiary/aromatic N) is 14. The molecule has 0 bridgehead atoms. The topological polar surface area (TPSA) is 398 Å². The van der Waals surface area contributed by atoms with E-state index in [0.29, 0.717) is 132 Å². The number of rotatable bonds is 24. The second kappa shape index (κ2) is 38.7. The minimum Gasteiger partial charge on any atom is -0.490 e. The third kappa shape index (κ3) is 17.8. The summed E-state index contributed by atoms with van der Waals surface area (Å²) in [6.45, 7) is 16.7. The summed E-state index contributed by atoms with van der Waals surface area (Å²) in [4.78, 5) is 77.5. The molecule has 20 rings (SSSR count). The maximum absolute atomic E-state index is 12.4. The van der Waals surface area contributed by atoms with Crippen molar-refractivity contribution in [3.63, 3.8) is 0 Å². The van der Waals surface area contributed by atoms with Crippen molar-refractivity contribution in [3.05, 3.63) is 225 Å². The minimum absolute atomic E-state index is 0.00215. The molecule has 8 aromatic carbocycles. The van der Waals surface area contributed by atoms with Crippen LogP contribution in [0.1, 0.15) is 172 Å². The molecule has 4 N–H and O–H groups in total. The fourth-order valence-corrected chi connectivity index (χ4v) is 22.1. The molecule has 0 unspecified atom stereocenters. The van der Waals surface area contributed by atoms with Crippen LogP contribution < -0.4 is 18.9 Å². The lowest BCUT2D eigenvalue weighted by Gasteiger charge is -2.24. The highest BCUT2D eigenvalue weighted by molar-refractivity contribution is 7.18. The van der Waals surface area contributed by atoms with Gasteiger partial charge in [0.15, 0.2) is 0 Å². The molecule has 28 nitrogen and oxygen atoms in total. The molecule has 4 fully saturated rings. The molecule has 4 aromatic heterocycles. The van der Waals surface area contributed by atoms with Crippen molar-refractivity contribution in [3.8, 4) is 135 Å². The van der Waals surface area contributed by atoms with Gasteiger partial charge in [-0.15, -0.1) is 22.7 Å². The van der Waals surface area contributed by atoms with Crippen LogP contribution in [0.2, 0.25) is 0 Å². The molecule has 0 spiro atoms. The number of amides is 4. The Bertz CT molecular complexity index is 5820. The molecule has 8 heterocycles. The third-order valence-corrected chi connectivity index (χ3v) is 27.4. The first-order valence-corrected chi connectivity index (χ1v) is 46.2. The molecule has 0 saturated carbocycles. The summed E-state index contributed by atoms with van der Waals surface area (Å²) in [5.74, 6) is 5.17. The largest absolute Gasteiger partial charge is 0.490 e. The summed E-state index contributed by atoms with van der Waals surface area (Å²) in [5.41, 5.74) is 18.3. The highest BCUT2D eigenvalue weighted by Gasteiger charge is 2.50. The number of aliphatic hydroxyl groups is 4. The Morgan fingerprint density at radius 3 is 0.909 bits per heavy atom. The quantitative estimate of drug-likeness (QED) is 0.0436. The van der Waals surface area contributed by atoms with Crippen LogP contribution in [-0.4, -0.2) is 171 Å². The SMILES string of the molecule is CC(C)Oc1ccc(-c2nc(-c3cccc4c3C[C@@H]3CC(=O)N(CCO)[C@H]43)no2)cc1C#N.CC(C)Oc1ccc(-c2nc(-c3cccc4c3C[C@H]3CC(=O)N(CCO)[C@@H]43)no2)cc1C#N.CC(C)Oc1ccc(-c2ncc(-c3cccc4c3C[C@@H]3CC(=O)N(CCO)[C@H]43)s2)cc1C#N.CC(C)Oc1ccc(-c2ncc(-c3cccc4c3C[C@H]3CC(=O)N(CCO)[C@@H]43)s2)cc1C#N. The average Bonchev–Trinajstić information content (AvgIpc) is 1.60. The van der Waals surface area contributed by atoms with Crippen molar-refractivity contribution in [2.75, 3.05) is 52.6 Å². The van der Waals surface area contributed by atoms with Crippen LogP contribution in [0.5, 0.6) is 23.0 Å². The van der Waals surface area contributed by atoms with E-state index < -0.39 is 0 Å². The number of carbonyl (C=O) groups excluding carboxylic acids is 4. The van der Waals surface area contributed by atoms with Crippen molar-refractivity contribution in [2.45, 2.75) is 155 Å². The van der Waals surface area contributed by atoms with Gasteiger partial charge in [0.1, 0.15) is 57.3 Å². The Labute approximate surface area is 771 Å². The number of likely N-dealkylation sites (tertiary alicyclic amines) is 4. The summed E-state index contributed by atoms with van der Waals surface area (Å²) in [6, 6.07) is 55.0. The van der Waals surface area contributed by atoms with Gasteiger partial charge in [0.05, 0.1) is 107 Å². The molecular formula is C102H98N14O14S2. The summed E-state index contributed by atoms with van der Waals surface area (Å²) >= 11 is 3.20. The van der Waals surface area contributed by atoms with Crippen LogP contribution in [0, 0.1) is 69.0 Å². The molecule has 8 aliphatic rings. The number of fused-ring (bicyclic) bond motifs is 12. The number of aliphatic hydroxyl groups excluding tert-OH is 4. The Morgan fingerprint density at radius 2 is 0.636 bits per heavy atom. The lowest BCUT2D eigenvalue weighted by atomic mass is 10.0. The Morgan fingerprint density at radius 1 is 0.371 bits per heavy atom. The van der Waals surface area contributed by atoms with Gasteiger partial charge in [0.2, 0.25) is 35.3 Å². The first-order chi connectivity index (χ1) is 64.0. The van der Waals surface area contributed by atoms with E-state index in [-0.39, 0.29) is 122 Å². The van der Waals surface area contributed by atoms with Crippen molar-refractivity contribution in [1.29, 1.82) is 21.0 Å². The van der Waals surface area contributed by atoms with E-state index in [4.69, 9.17) is 28.0 Å². The van der Waals surface area contributed by atoms with Gasteiger partial charge < -0.3 is 68.0 Å². The predicted molar refractivity (Wildman–Crippen MR) is 492 cm³/mol. The molecule has 672 valence electrons. The standard InChI is InChI=1S/2C26H25N3O3S.2C25H24N4O4/c2*1-15(2)32-22-7-6-16(10-18(22)13-27)26-28-14-23(33-26)19-4-3-5-20-21(19)11-17-12-24(31)29(8-9-30)25(17)20;2*1-14(2)32-21-7-6-15(10-17(21)13-26)25-27-24(28-33-25)19-5-3-4-18-20(19)11-16-12-22(31)29(8-9-30)23(16)18/h2*3-7,10,14-15,17,25,30H,8-9,11-12H2,1-2H3;2*3-7,10,14,16,23,30H,8-9,11-12H2,1-2H3/t2*17-,25+;2*16-,23+/m1010/s1. The molecule has 4 aliphatic carbocycles. The van der Waals surface area contributed by atoms with E-state index in [1.165, 1.54) is 22.3 Å².